The molecule has 1 amide bonds. The van der Waals surface area contributed by atoms with Crippen molar-refractivity contribution in [1.82, 2.24) is 8.96 Å². The second-order valence-electron chi connectivity index (χ2n) is 7.31. The number of benzene rings is 1. The van der Waals surface area contributed by atoms with Gasteiger partial charge in [-0.1, -0.05) is 17.7 Å². The second-order valence-corrected chi connectivity index (χ2v) is 9.13. The van der Waals surface area contributed by atoms with Gasteiger partial charge in [0.1, 0.15) is 18.0 Å². The summed E-state index contributed by atoms with van der Waals surface area (Å²) in [6.45, 7) is 1.85. The lowest BCUT2D eigenvalue weighted by Gasteiger charge is -2.35. The quantitative estimate of drug-likeness (QED) is 0.432. The molecule has 0 unspecified atom stereocenters. The van der Waals surface area contributed by atoms with Crippen LogP contribution in [0.4, 0.5) is 16.2 Å². The van der Waals surface area contributed by atoms with Gasteiger partial charge in [0.05, 0.1) is 15.2 Å². The molecule has 2 heterocycles. The van der Waals surface area contributed by atoms with Crippen molar-refractivity contribution >= 4 is 38.5 Å². The standard InChI is InChI=1S/C19H19N5O6S/c1-11-2-4-14(5-3-11)31(28,29)23-7-6-15-17(16(24(26)27)10-21-18(15)23)22-12-8-13(9-12)30-19(20)25/h2-7,10,12-13H,8-9H2,1H3,(H2,20,25)(H,21,22). The predicted octanol–water partition coefficient (Wildman–Crippen LogP) is 2.53. The molecule has 0 atom stereocenters. The van der Waals surface area contributed by atoms with Crippen molar-refractivity contribution in [2.75, 3.05) is 5.32 Å². The van der Waals surface area contributed by atoms with E-state index >= 15 is 0 Å². The topological polar surface area (TPSA) is 159 Å². The molecule has 3 N–H and O–H groups in total. The van der Waals surface area contributed by atoms with Crippen molar-refractivity contribution in [3.8, 4) is 0 Å². The van der Waals surface area contributed by atoms with E-state index in [4.69, 9.17) is 10.5 Å². The molecule has 0 aliphatic heterocycles. The minimum absolute atomic E-state index is 0.0675. The molecule has 162 valence electrons. The van der Waals surface area contributed by atoms with Gasteiger partial charge in [0, 0.05) is 25.1 Å². The maximum Gasteiger partial charge on any atom is 0.404 e. The van der Waals surface area contributed by atoms with Crippen LogP contribution in [0.25, 0.3) is 11.0 Å². The number of aryl methyl sites for hydroxylation is 1. The van der Waals surface area contributed by atoms with E-state index in [-0.39, 0.29) is 34.1 Å². The zero-order valence-corrected chi connectivity index (χ0v) is 17.2. The Morgan fingerprint density at radius 2 is 1.97 bits per heavy atom. The van der Waals surface area contributed by atoms with E-state index in [1.807, 2.05) is 6.92 Å². The number of nitro groups is 1. The van der Waals surface area contributed by atoms with E-state index in [2.05, 4.69) is 10.3 Å². The first kappa shape index (κ1) is 20.6. The number of hydrogen-bond acceptors (Lipinski definition) is 8. The van der Waals surface area contributed by atoms with E-state index in [9.17, 15) is 23.3 Å². The van der Waals surface area contributed by atoms with Gasteiger partial charge in [-0.2, -0.15) is 0 Å². The third-order valence-electron chi connectivity index (χ3n) is 5.16. The maximum atomic E-state index is 13.1. The van der Waals surface area contributed by atoms with Crippen LogP contribution in [0, 0.1) is 17.0 Å². The van der Waals surface area contributed by atoms with Crippen molar-refractivity contribution in [1.29, 1.82) is 0 Å². The summed E-state index contributed by atoms with van der Waals surface area (Å²) in [7, 11) is -3.95. The number of nitrogens with zero attached hydrogens (tertiary/aromatic N) is 3. The number of nitrogens with one attached hydrogen (secondary N) is 1. The van der Waals surface area contributed by atoms with E-state index < -0.39 is 21.0 Å². The third-order valence-corrected chi connectivity index (χ3v) is 6.84. The fraction of sp³-hybridized carbons (Fsp3) is 0.263. The number of carbonyl (C=O) groups is 1. The smallest absolute Gasteiger partial charge is 0.404 e. The lowest BCUT2D eigenvalue weighted by molar-refractivity contribution is -0.384. The zero-order chi connectivity index (χ0) is 22.3. The molecular formula is C19H19N5O6S. The van der Waals surface area contributed by atoms with Crippen LogP contribution in [-0.2, 0) is 14.8 Å². The maximum absolute atomic E-state index is 13.1. The fourth-order valence-corrected chi connectivity index (χ4v) is 4.81. The van der Waals surface area contributed by atoms with Gasteiger partial charge in [-0.3, -0.25) is 10.1 Å². The average Bonchev–Trinajstić information content (AvgIpc) is 3.11. The van der Waals surface area contributed by atoms with E-state index in [0.717, 1.165) is 15.7 Å². The number of ether oxygens (including phenoxy) is 1. The molecule has 12 heteroatoms. The van der Waals surface area contributed by atoms with Crippen LogP contribution in [0.1, 0.15) is 18.4 Å². The number of amides is 1. The van der Waals surface area contributed by atoms with Gasteiger partial charge in [0.2, 0.25) is 0 Å². The van der Waals surface area contributed by atoms with Gasteiger partial charge in [-0.25, -0.2) is 22.2 Å². The zero-order valence-electron chi connectivity index (χ0n) is 16.4. The molecule has 3 aromatic rings. The molecule has 1 aromatic carbocycles. The van der Waals surface area contributed by atoms with Gasteiger partial charge in [0.15, 0.2) is 5.65 Å². The molecule has 1 fully saturated rings. The summed E-state index contributed by atoms with van der Waals surface area (Å²) < 4.78 is 32.1. The lowest BCUT2D eigenvalue weighted by Crippen LogP contribution is -2.42. The van der Waals surface area contributed by atoms with Crippen molar-refractivity contribution in [3.63, 3.8) is 0 Å². The largest absolute Gasteiger partial charge is 0.446 e. The summed E-state index contributed by atoms with van der Waals surface area (Å²) in [5.41, 5.74) is 5.86. The molecule has 1 saturated carbocycles. The summed E-state index contributed by atoms with van der Waals surface area (Å²) in [5.74, 6) is 0. The number of primary amides is 1. The number of fused-ring (bicyclic) bond motifs is 1. The molecule has 1 aliphatic rings. The summed E-state index contributed by atoms with van der Waals surface area (Å²) >= 11 is 0. The minimum atomic E-state index is -3.95. The first-order chi connectivity index (χ1) is 14.7. The molecule has 4 rings (SSSR count). The van der Waals surface area contributed by atoms with Crippen LogP contribution in [0.15, 0.2) is 47.6 Å². The van der Waals surface area contributed by atoms with Crippen LogP contribution in [-0.4, -0.2) is 40.5 Å². The van der Waals surface area contributed by atoms with Crippen molar-refractivity contribution < 1.29 is 22.9 Å². The number of carbonyl (C=O) groups excluding carboxylic acids is 1. The lowest BCUT2D eigenvalue weighted by atomic mass is 9.89. The van der Waals surface area contributed by atoms with E-state index in [1.165, 1.54) is 24.4 Å². The highest BCUT2D eigenvalue weighted by Crippen LogP contribution is 2.37. The molecule has 11 nitrogen and oxygen atoms in total. The van der Waals surface area contributed by atoms with Gasteiger partial charge in [-0.15, -0.1) is 0 Å². The number of pyridine rings is 1. The highest BCUT2D eigenvalue weighted by atomic mass is 32.2. The molecule has 0 bridgehead atoms. The number of nitrogens with two attached hydrogens (primary N) is 1. The molecule has 0 saturated heterocycles. The first-order valence-electron chi connectivity index (χ1n) is 9.36. The summed E-state index contributed by atoms with van der Waals surface area (Å²) in [6.07, 6.45) is 1.96. The Hall–Kier alpha value is -3.67. The highest BCUT2D eigenvalue weighted by Gasteiger charge is 2.34. The molecule has 0 spiro atoms. The van der Waals surface area contributed by atoms with Crippen LogP contribution in [0.3, 0.4) is 0 Å². The van der Waals surface area contributed by atoms with Gasteiger partial charge in [0.25, 0.3) is 10.0 Å². The molecule has 0 radical (unpaired) electrons. The monoisotopic (exact) mass is 445 g/mol. The average molecular weight is 445 g/mol. The van der Waals surface area contributed by atoms with Crippen LogP contribution in [0.5, 0.6) is 0 Å². The Morgan fingerprint density at radius 1 is 1.29 bits per heavy atom. The Balaban J connectivity index is 1.72. The Bertz CT molecular complexity index is 1280. The minimum Gasteiger partial charge on any atom is -0.446 e. The normalized spacial score (nSPS) is 18.4. The molecular weight excluding hydrogens is 426 g/mol. The third kappa shape index (κ3) is 3.77. The summed E-state index contributed by atoms with van der Waals surface area (Å²) in [6, 6.07) is 7.63. The van der Waals surface area contributed by atoms with Gasteiger partial charge < -0.3 is 15.8 Å². The second kappa shape index (κ2) is 7.54. The Kier molecular flexibility index (Phi) is 5.01. The Morgan fingerprint density at radius 3 is 2.58 bits per heavy atom. The van der Waals surface area contributed by atoms with E-state index in [0.29, 0.717) is 18.2 Å². The number of anilines is 1. The molecule has 1 aliphatic carbocycles. The van der Waals surface area contributed by atoms with Crippen molar-refractivity contribution in [2.24, 2.45) is 5.73 Å². The van der Waals surface area contributed by atoms with Crippen LogP contribution in [0.2, 0.25) is 0 Å². The molecule has 2 aromatic heterocycles. The first-order valence-corrected chi connectivity index (χ1v) is 10.8. The summed E-state index contributed by atoms with van der Waals surface area (Å²) in [4.78, 5) is 25.9. The van der Waals surface area contributed by atoms with Crippen molar-refractivity contribution in [2.45, 2.75) is 36.8 Å². The SMILES string of the molecule is Cc1ccc(S(=O)(=O)n2ccc3c(NC4CC(OC(N)=O)C4)c([N+](=O)[O-])cnc32)cc1. The number of aromatic nitrogens is 2. The number of rotatable bonds is 6. The fourth-order valence-electron chi connectivity index (χ4n) is 3.51. The summed E-state index contributed by atoms with van der Waals surface area (Å²) in [5, 5.41) is 14.9. The van der Waals surface area contributed by atoms with Gasteiger partial charge >= 0.3 is 11.8 Å². The highest BCUT2D eigenvalue weighted by molar-refractivity contribution is 7.90. The predicted molar refractivity (Wildman–Crippen MR) is 111 cm³/mol. The van der Waals surface area contributed by atoms with E-state index in [1.54, 1.807) is 12.1 Å². The van der Waals surface area contributed by atoms with Crippen LogP contribution < -0.4 is 11.1 Å². The van der Waals surface area contributed by atoms with Crippen LogP contribution >= 0.6 is 0 Å². The molecule has 31 heavy (non-hydrogen) atoms. The van der Waals surface area contributed by atoms with Gasteiger partial charge in [-0.05, 0) is 25.1 Å². The number of hydrogen-bond donors (Lipinski definition) is 2. The van der Waals surface area contributed by atoms with Crippen molar-refractivity contribution in [3.05, 3.63) is 58.4 Å². The Labute approximate surface area is 177 Å².